The highest BCUT2D eigenvalue weighted by molar-refractivity contribution is 7.89. The molecule has 3 N–H and O–H groups in total. The van der Waals surface area contributed by atoms with Gasteiger partial charge in [0.1, 0.15) is 0 Å². The van der Waals surface area contributed by atoms with Crippen LogP contribution in [-0.2, 0) is 10.0 Å². The van der Waals surface area contributed by atoms with Crippen molar-refractivity contribution in [2.24, 2.45) is 5.73 Å². The Bertz CT molecular complexity index is 538. The standard InChI is InChI=1S/C11H15N3O2S.ClH/c1-9-3-4-10(8-13)7-11(9)17(15,16)14-6-2-5-12;/h3-4,7,14H,2,5-6,12H2,1H3;1H. The van der Waals surface area contributed by atoms with E-state index in [4.69, 9.17) is 11.0 Å². The van der Waals surface area contributed by atoms with Crippen molar-refractivity contribution >= 4 is 22.4 Å². The summed E-state index contributed by atoms with van der Waals surface area (Å²) < 4.78 is 26.3. The summed E-state index contributed by atoms with van der Waals surface area (Å²) in [5.41, 5.74) is 6.24. The smallest absolute Gasteiger partial charge is 0.240 e. The molecule has 0 aliphatic rings. The van der Waals surface area contributed by atoms with E-state index in [1.165, 1.54) is 6.07 Å². The Labute approximate surface area is 113 Å². The van der Waals surface area contributed by atoms with Crippen LogP contribution in [0.2, 0.25) is 0 Å². The Balaban J connectivity index is 0.00000289. The Morgan fingerprint density at radius 2 is 2.11 bits per heavy atom. The van der Waals surface area contributed by atoms with Gasteiger partial charge in [-0.3, -0.25) is 0 Å². The van der Waals surface area contributed by atoms with Crippen LogP contribution in [-0.4, -0.2) is 21.5 Å². The summed E-state index contributed by atoms with van der Waals surface area (Å²) in [5, 5.41) is 8.75. The van der Waals surface area contributed by atoms with E-state index in [1.807, 2.05) is 6.07 Å². The van der Waals surface area contributed by atoms with Gasteiger partial charge in [-0.15, -0.1) is 12.4 Å². The third-order valence-electron chi connectivity index (χ3n) is 2.28. The zero-order chi connectivity index (χ0) is 12.9. The van der Waals surface area contributed by atoms with Crippen molar-refractivity contribution in [3.8, 4) is 6.07 Å². The van der Waals surface area contributed by atoms with E-state index >= 15 is 0 Å². The number of rotatable bonds is 5. The van der Waals surface area contributed by atoms with Gasteiger partial charge in [-0.1, -0.05) is 6.07 Å². The molecule has 1 aromatic carbocycles. The molecule has 0 aliphatic heterocycles. The molecule has 1 aromatic rings. The monoisotopic (exact) mass is 289 g/mol. The molecule has 7 heteroatoms. The summed E-state index contributed by atoms with van der Waals surface area (Å²) in [4.78, 5) is 0.147. The van der Waals surface area contributed by atoms with Crippen molar-refractivity contribution in [2.45, 2.75) is 18.2 Å². The number of hydrogen-bond acceptors (Lipinski definition) is 4. The van der Waals surface area contributed by atoms with E-state index in [0.717, 1.165) is 0 Å². The molecule has 1 rings (SSSR count). The number of nitrogens with two attached hydrogens (primary N) is 1. The summed E-state index contributed by atoms with van der Waals surface area (Å²) in [6.45, 7) is 2.42. The maximum absolute atomic E-state index is 11.9. The molecule has 0 saturated heterocycles. The third-order valence-corrected chi connectivity index (χ3v) is 3.88. The molecule has 0 fully saturated rings. The Hall–Kier alpha value is -1.13. The van der Waals surface area contributed by atoms with Gasteiger partial charge < -0.3 is 5.73 Å². The molecule has 5 nitrogen and oxygen atoms in total. The Morgan fingerprint density at radius 3 is 2.67 bits per heavy atom. The van der Waals surface area contributed by atoms with E-state index in [0.29, 0.717) is 30.6 Å². The molecule has 0 spiro atoms. The quantitative estimate of drug-likeness (QED) is 0.788. The molecule has 0 aromatic heterocycles. The number of nitrogens with zero attached hydrogens (tertiary/aromatic N) is 1. The summed E-state index contributed by atoms with van der Waals surface area (Å²) >= 11 is 0. The van der Waals surface area contributed by atoms with Gasteiger partial charge in [-0.2, -0.15) is 5.26 Å². The maximum atomic E-state index is 11.9. The van der Waals surface area contributed by atoms with E-state index in [9.17, 15) is 8.42 Å². The average Bonchev–Trinajstić information content (AvgIpc) is 2.29. The molecule has 0 radical (unpaired) electrons. The van der Waals surface area contributed by atoms with Crippen molar-refractivity contribution in [1.29, 1.82) is 5.26 Å². The zero-order valence-electron chi connectivity index (χ0n) is 10.0. The van der Waals surface area contributed by atoms with Gasteiger partial charge in [0.05, 0.1) is 16.5 Å². The number of aryl methyl sites for hydroxylation is 1. The van der Waals surface area contributed by atoms with E-state index in [1.54, 1.807) is 19.1 Å². The van der Waals surface area contributed by atoms with E-state index < -0.39 is 10.0 Å². The number of nitrogens with one attached hydrogen (secondary N) is 1. The average molecular weight is 290 g/mol. The van der Waals surface area contributed by atoms with Crippen molar-refractivity contribution < 1.29 is 8.42 Å². The van der Waals surface area contributed by atoms with Crippen LogP contribution in [0.25, 0.3) is 0 Å². The fraction of sp³-hybridized carbons (Fsp3) is 0.364. The molecule has 0 bridgehead atoms. The molecule has 18 heavy (non-hydrogen) atoms. The predicted molar refractivity (Wildman–Crippen MR) is 72.0 cm³/mol. The fourth-order valence-electron chi connectivity index (χ4n) is 1.35. The van der Waals surface area contributed by atoms with Crippen LogP contribution in [0.15, 0.2) is 23.1 Å². The number of halogens is 1. The number of hydrogen-bond donors (Lipinski definition) is 2. The SMILES string of the molecule is Cc1ccc(C#N)cc1S(=O)(=O)NCCCN.Cl. The van der Waals surface area contributed by atoms with Gasteiger partial charge in [0.2, 0.25) is 10.0 Å². The lowest BCUT2D eigenvalue weighted by molar-refractivity contribution is 0.579. The second-order valence-corrected chi connectivity index (χ2v) is 5.37. The number of benzene rings is 1. The number of sulfonamides is 1. The lowest BCUT2D eigenvalue weighted by Gasteiger charge is -2.09. The first kappa shape index (κ1) is 16.9. The highest BCUT2D eigenvalue weighted by Gasteiger charge is 2.16. The van der Waals surface area contributed by atoms with Gasteiger partial charge in [0.25, 0.3) is 0 Å². The largest absolute Gasteiger partial charge is 0.330 e. The van der Waals surface area contributed by atoms with Crippen LogP contribution in [0, 0.1) is 18.3 Å². The highest BCUT2D eigenvalue weighted by Crippen LogP contribution is 2.16. The van der Waals surface area contributed by atoms with Gasteiger partial charge in [-0.05, 0) is 37.6 Å². The lowest BCUT2D eigenvalue weighted by atomic mass is 10.2. The fourth-order valence-corrected chi connectivity index (χ4v) is 2.69. The number of nitriles is 1. The first-order valence-corrected chi connectivity index (χ1v) is 6.70. The Morgan fingerprint density at radius 1 is 1.44 bits per heavy atom. The van der Waals surface area contributed by atoms with Crippen molar-refractivity contribution in [3.63, 3.8) is 0 Å². The van der Waals surface area contributed by atoms with Crippen LogP contribution in [0.4, 0.5) is 0 Å². The van der Waals surface area contributed by atoms with Crippen molar-refractivity contribution in [3.05, 3.63) is 29.3 Å². The van der Waals surface area contributed by atoms with Gasteiger partial charge in [0.15, 0.2) is 0 Å². The first-order valence-electron chi connectivity index (χ1n) is 5.22. The lowest BCUT2D eigenvalue weighted by Crippen LogP contribution is -2.26. The molecular weight excluding hydrogens is 274 g/mol. The third kappa shape index (κ3) is 4.27. The molecule has 0 saturated carbocycles. The summed E-state index contributed by atoms with van der Waals surface area (Å²) in [6.07, 6.45) is 0.580. The minimum Gasteiger partial charge on any atom is -0.330 e. The minimum atomic E-state index is -3.55. The normalized spacial score (nSPS) is 10.5. The summed E-state index contributed by atoms with van der Waals surface area (Å²) in [7, 11) is -3.55. The second kappa shape index (κ2) is 7.34. The molecular formula is C11H16ClN3O2S. The molecule has 0 unspecified atom stereocenters. The van der Waals surface area contributed by atoms with E-state index in [2.05, 4.69) is 4.72 Å². The molecule has 100 valence electrons. The van der Waals surface area contributed by atoms with Crippen LogP contribution < -0.4 is 10.5 Å². The second-order valence-electron chi connectivity index (χ2n) is 3.63. The van der Waals surface area contributed by atoms with Crippen molar-refractivity contribution in [1.82, 2.24) is 4.72 Å². The topological polar surface area (TPSA) is 96.0 Å². The highest BCUT2D eigenvalue weighted by atomic mass is 35.5. The van der Waals surface area contributed by atoms with Crippen LogP contribution in [0.1, 0.15) is 17.5 Å². The summed E-state index contributed by atoms with van der Waals surface area (Å²) in [6, 6.07) is 6.51. The van der Waals surface area contributed by atoms with Crippen LogP contribution >= 0.6 is 12.4 Å². The minimum absolute atomic E-state index is 0. The Kier molecular flexibility index (Phi) is 6.88. The van der Waals surface area contributed by atoms with Gasteiger partial charge >= 0.3 is 0 Å². The van der Waals surface area contributed by atoms with Crippen LogP contribution in [0.3, 0.4) is 0 Å². The maximum Gasteiger partial charge on any atom is 0.240 e. The first-order chi connectivity index (χ1) is 8.01. The molecule has 0 aliphatic carbocycles. The van der Waals surface area contributed by atoms with Gasteiger partial charge in [-0.25, -0.2) is 13.1 Å². The zero-order valence-corrected chi connectivity index (χ0v) is 11.6. The molecule has 0 heterocycles. The predicted octanol–water partition coefficient (Wildman–Crippen LogP) is 0.916. The van der Waals surface area contributed by atoms with E-state index in [-0.39, 0.29) is 17.3 Å². The molecule has 0 atom stereocenters. The van der Waals surface area contributed by atoms with Gasteiger partial charge in [0, 0.05) is 6.54 Å². The summed E-state index contributed by atoms with van der Waals surface area (Å²) in [5.74, 6) is 0. The van der Waals surface area contributed by atoms with Crippen LogP contribution in [0.5, 0.6) is 0 Å². The van der Waals surface area contributed by atoms with Crippen molar-refractivity contribution in [2.75, 3.05) is 13.1 Å². The molecule has 0 amide bonds.